The van der Waals surface area contributed by atoms with Gasteiger partial charge in [-0.25, -0.2) is 4.79 Å². The van der Waals surface area contributed by atoms with Crippen LogP contribution in [0.2, 0.25) is 5.02 Å². The standard InChI is InChI=1S/C19H25ClN4O3/c1-12-6-4-5-9-19(12)17(26)24(18(27)22-19)11-16(25)21-14-10-13(20)7-8-15(14)23(2)3/h7-8,10,12H,4-6,9,11H2,1-3H3,(H,21,25)(H,22,27). The lowest BCUT2D eigenvalue weighted by molar-refractivity contribution is -0.136. The summed E-state index contributed by atoms with van der Waals surface area (Å²) in [6.45, 7) is 1.66. The molecule has 1 heterocycles. The van der Waals surface area contributed by atoms with Gasteiger partial charge in [0, 0.05) is 19.1 Å². The number of amides is 4. The van der Waals surface area contributed by atoms with Crippen LogP contribution < -0.4 is 15.5 Å². The van der Waals surface area contributed by atoms with Crippen LogP contribution in [0.4, 0.5) is 16.2 Å². The Hall–Kier alpha value is -2.28. The van der Waals surface area contributed by atoms with Crippen LogP contribution in [0.3, 0.4) is 0 Å². The molecule has 2 unspecified atom stereocenters. The Balaban J connectivity index is 1.74. The summed E-state index contributed by atoms with van der Waals surface area (Å²) in [5.41, 5.74) is 0.452. The molecule has 4 amide bonds. The van der Waals surface area contributed by atoms with E-state index in [4.69, 9.17) is 11.6 Å². The third kappa shape index (κ3) is 3.60. The Morgan fingerprint density at radius 2 is 2.11 bits per heavy atom. The van der Waals surface area contributed by atoms with Gasteiger partial charge in [-0.05, 0) is 37.0 Å². The summed E-state index contributed by atoms with van der Waals surface area (Å²) in [7, 11) is 3.70. The Kier molecular flexibility index (Phi) is 5.33. The largest absolute Gasteiger partial charge is 0.376 e. The first-order valence-electron chi connectivity index (χ1n) is 9.15. The Morgan fingerprint density at radius 3 is 2.78 bits per heavy atom. The molecule has 1 aromatic carbocycles. The number of urea groups is 1. The Morgan fingerprint density at radius 1 is 1.37 bits per heavy atom. The van der Waals surface area contributed by atoms with E-state index in [1.54, 1.807) is 18.2 Å². The van der Waals surface area contributed by atoms with E-state index in [0.717, 1.165) is 29.8 Å². The Labute approximate surface area is 164 Å². The van der Waals surface area contributed by atoms with Gasteiger partial charge in [-0.2, -0.15) is 0 Å². The number of nitrogens with zero attached hydrogens (tertiary/aromatic N) is 2. The quantitative estimate of drug-likeness (QED) is 0.772. The maximum Gasteiger partial charge on any atom is 0.325 e. The average molecular weight is 393 g/mol. The van der Waals surface area contributed by atoms with Crippen LogP contribution >= 0.6 is 11.6 Å². The Bertz CT molecular complexity index is 782. The lowest BCUT2D eigenvalue weighted by atomic mass is 9.73. The van der Waals surface area contributed by atoms with Gasteiger partial charge in [0.15, 0.2) is 0 Å². The van der Waals surface area contributed by atoms with Gasteiger partial charge >= 0.3 is 6.03 Å². The van der Waals surface area contributed by atoms with Crippen molar-refractivity contribution in [1.82, 2.24) is 10.2 Å². The highest BCUT2D eigenvalue weighted by atomic mass is 35.5. The van der Waals surface area contributed by atoms with Gasteiger partial charge in [0.05, 0.1) is 11.4 Å². The van der Waals surface area contributed by atoms with Crippen molar-refractivity contribution in [1.29, 1.82) is 0 Å². The van der Waals surface area contributed by atoms with E-state index in [9.17, 15) is 14.4 Å². The molecule has 1 spiro atoms. The van der Waals surface area contributed by atoms with Gasteiger partial charge in [-0.15, -0.1) is 0 Å². The van der Waals surface area contributed by atoms with E-state index >= 15 is 0 Å². The summed E-state index contributed by atoms with van der Waals surface area (Å²) in [6.07, 6.45) is 3.45. The van der Waals surface area contributed by atoms with Gasteiger partial charge in [0.2, 0.25) is 5.91 Å². The van der Waals surface area contributed by atoms with Crippen molar-refractivity contribution in [2.45, 2.75) is 38.1 Å². The number of benzene rings is 1. The molecule has 1 aliphatic carbocycles. The number of hydrogen-bond acceptors (Lipinski definition) is 4. The van der Waals surface area contributed by atoms with Crippen LogP contribution in [0, 0.1) is 5.92 Å². The van der Waals surface area contributed by atoms with Gasteiger partial charge in [0.25, 0.3) is 5.91 Å². The molecule has 146 valence electrons. The smallest absolute Gasteiger partial charge is 0.325 e. The van der Waals surface area contributed by atoms with E-state index in [-0.39, 0.29) is 18.4 Å². The minimum atomic E-state index is -0.861. The fraction of sp³-hybridized carbons (Fsp3) is 0.526. The van der Waals surface area contributed by atoms with Gasteiger partial charge in [-0.3, -0.25) is 14.5 Å². The number of hydrogen-bond donors (Lipinski definition) is 2. The summed E-state index contributed by atoms with van der Waals surface area (Å²) in [5.74, 6) is -0.679. The molecule has 27 heavy (non-hydrogen) atoms. The molecule has 1 aliphatic heterocycles. The number of carbonyl (C=O) groups is 3. The summed E-state index contributed by atoms with van der Waals surface area (Å²) in [4.78, 5) is 40.8. The maximum absolute atomic E-state index is 13.0. The highest BCUT2D eigenvalue weighted by Crippen LogP contribution is 2.38. The average Bonchev–Trinajstić information content (AvgIpc) is 2.82. The minimum Gasteiger partial charge on any atom is -0.376 e. The van der Waals surface area contributed by atoms with Crippen LogP contribution in [0.5, 0.6) is 0 Å². The summed E-state index contributed by atoms with van der Waals surface area (Å²) in [6, 6.07) is 4.68. The zero-order valence-corrected chi connectivity index (χ0v) is 16.6. The van der Waals surface area contributed by atoms with Crippen molar-refractivity contribution in [3.63, 3.8) is 0 Å². The van der Waals surface area contributed by atoms with Crippen LogP contribution in [0.1, 0.15) is 32.6 Å². The highest BCUT2D eigenvalue weighted by Gasteiger charge is 2.55. The van der Waals surface area contributed by atoms with Crippen molar-refractivity contribution in [3.8, 4) is 0 Å². The van der Waals surface area contributed by atoms with E-state index in [2.05, 4.69) is 10.6 Å². The maximum atomic E-state index is 13.0. The zero-order chi connectivity index (χ0) is 19.8. The van der Waals surface area contributed by atoms with E-state index in [1.807, 2.05) is 25.9 Å². The molecular formula is C19H25ClN4O3. The fourth-order valence-electron chi connectivity index (χ4n) is 3.97. The number of halogens is 1. The molecule has 0 aromatic heterocycles. The number of imide groups is 1. The monoisotopic (exact) mass is 392 g/mol. The highest BCUT2D eigenvalue weighted by molar-refractivity contribution is 6.31. The van der Waals surface area contributed by atoms with Crippen molar-refractivity contribution >= 4 is 40.8 Å². The second kappa shape index (κ2) is 7.38. The molecule has 2 atom stereocenters. The number of carbonyl (C=O) groups excluding carboxylic acids is 3. The topological polar surface area (TPSA) is 81.8 Å². The zero-order valence-electron chi connectivity index (χ0n) is 15.8. The molecular weight excluding hydrogens is 368 g/mol. The van der Waals surface area contributed by atoms with Crippen LogP contribution in [0.15, 0.2) is 18.2 Å². The molecule has 1 saturated carbocycles. The van der Waals surface area contributed by atoms with E-state index in [1.165, 1.54) is 0 Å². The lowest BCUT2D eigenvalue weighted by Gasteiger charge is -2.36. The number of rotatable bonds is 4. The van der Waals surface area contributed by atoms with Crippen LogP contribution in [-0.2, 0) is 9.59 Å². The third-order valence-corrected chi connectivity index (χ3v) is 5.75. The predicted molar refractivity (Wildman–Crippen MR) is 105 cm³/mol. The SMILES string of the molecule is CC1CCCCC12NC(=O)N(CC(=O)Nc1cc(Cl)ccc1N(C)C)C2=O. The van der Waals surface area contributed by atoms with Gasteiger partial charge in [0.1, 0.15) is 12.1 Å². The second-order valence-corrected chi connectivity index (χ2v) is 7.98. The van der Waals surface area contributed by atoms with Gasteiger partial charge < -0.3 is 15.5 Å². The first kappa shape index (κ1) is 19.5. The molecule has 1 saturated heterocycles. The molecule has 2 fully saturated rings. The summed E-state index contributed by atoms with van der Waals surface area (Å²) < 4.78 is 0. The molecule has 2 N–H and O–H groups in total. The minimum absolute atomic E-state index is 0.0593. The summed E-state index contributed by atoms with van der Waals surface area (Å²) in [5, 5.41) is 6.11. The van der Waals surface area contributed by atoms with Gasteiger partial charge in [-0.1, -0.05) is 31.4 Å². The second-order valence-electron chi connectivity index (χ2n) is 7.54. The first-order chi connectivity index (χ1) is 12.7. The predicted octanol–water partition coefficient (Wildman–Crippen LogP) is 2.85. The normalized spacial score (nSPS) is 24.9. The number of anilines is 2. The molecule has 8 heteroatoms. The fourth-order valence-corrected chi connectivity index (χ4v) is 4.14. The van der Waals surface area contributed by atoms with Crippen LogP contribution in [0.25, 0.3) is 0 Å². The van der Waals surface area contributed by atoms with Crippen molar-refractivity contribution < 1.29 is 14.4 Å². The molecule has 0 radical (unpaired) electrons. The van der Waals surface area contributed by atoms with Crippen LogP contribution in [-0.4, -0.2) is 48.9 Å². The number of nitrogens with one attached hydrogen (secondary N) is 2. The first-order valence-corrected chi connectivity index (χ1v) is 9.53. The lowest BCUT2D eigenvalue weighted by Crippen LogP contribution is -2.54. The van der Waals surface area contributed by atoms with Crippen molar-refractivity contribution in [2.75, 3.05) is 30.9 Å². The molecule has 0 bridgehead atoms. The summed E-state index contributed by atoms with van der Waals surface area (Å²) >= 11 is 6.04. The molecule has 1 aromatic rings. The van der Waals surface area contributed by atoms with E-state index < -0.39 is 17.5 Å². The molecule has 7 nitrogen and oxygen atoms in total. The van der Waals surface area contributed by atoms with Crippen molar-refractivity contribution in [2.24, 2.45) is 5.92 Å². The third-order valence-electron chi connectivity index (χ3n) is 5.52. The molecule has 3 rings (SSSR count). The molecule has 2 aliphatic rings. The van der Waals surface area contributed by atoms with E-state index in [0.29, 0.717) is 17.1 Å². The van der Waals surface area contributed by atoms with Crippen molar-refractivity contribution in [3.05, 3.63) is 23.2 Å².